The molecule has 2 aromatic heterocycles. The van der Waals surface area contributed by atoms with Gasteiger partial charge in [-0.15, -0.1) is 0 Å². The van der Waals surface area contributed by atoms with Crippen molar-refractivity contribution in [3.63, 3.8) is 0 Å². The summed E-state index contributed by atoms with van der Waals surface area (Å²) < 4.78 is 0. The fourth-order valence-electron chi connectivity index (χ4n) is 3.72. The van der Waals surface area contributed by atoms with E-state index in [2.05, 4.69) is 20.1 Å². The van der Waals surface area contributed by atoms with Crippen molar-refractivity contribution < 1.29 is 9.59 Å². The van der Waals surface area contributed by atoms with E-state index >= 15 is 0 Å². The van der Waals surface area contributed by atoms with Crippen LogP contribution in [0.5, 0.6) is 0 Å². The molecule has 1 N–H and O–H groups in total. The summed E-state index contributed by atoms with van der Waals surface area (Å²) in [5.41, 5.74) is 1.06. The van der Waals surface area contributed by atoms with E-state index in [0.29, 0.717) is 31.9 Å². The van der Waals surface area contributed by atoms with Crippen molar-refractivity contribution in [3.8, 4) is 0 Å². The van der Waals surface area contributed by atoms with Crippen LogP contribution in [0.25, 0.3) is 0 Å². The number of anilines is 1. The quantitative estimate of drug-likeness (QED) is 0.854. The summed E-state index contributed by atoms with van der Waals surface area (Å²) in [5, 5.41) is 6.58. The molecule has 4 rings (SSSR count). The smallest absolute Gasteiger partial charge is 0.271 e. The molecule has 0 aromatic carbocycles. The molecule has 25 heavy (non-hydrogen) atoms. The zero-order valence-electron chi connectivity index (χ0n) is 14.1. The SMILES string of the molecule is CN1CC(=O)N(c2cccnc2)CC12CCN(C(=O)c1ccn[nH]1)C2. The molecular formula is C17H20N6O2. The van der Waals surface area contributed by atoms with Crippen LogP contribution in [0.3, 0.4) is 0 Å². The maximum Gasteiger partial charge on any atom is 0.271 e. The van der Waals surface area contributed by atoms with E-state index in [4.69, 9.17) is 0 Å². The second-order valence-electron chi connectivity index (χ2n) is 6.72. The van der Waals surface area contributed by atoms with E-state index in [-0.39, 0.29) is 17.4 Å². The van der Waals surface area contributed by atoms with Gasteiger partial charge in [-0.2, -0.15) is 5.10 Å². The number of pyridine rings is 1. The molecule has 8 heteroatoms. The summed E-state index contributed by atoms with van der Waals surface area (Å²) in [6.45, 7) is 2.14. The molecule has 2 aliphatic rings. The van der Waals surface area contributed by atoms with Crippen LogP contribution < -0.4 is 4.90 Å². The van der Waals surface area contributed by atoms with Gasteiger partial charge in [-0.05, 0) is 31.7 Å². The van der Waals surface area contributed by atoms with Crippen LogP contribution in [-0.2, 0) is 4.79 Å². The number of aromatic amines is 1. The van der Waals surface area contributed by atoms with Gasteiger partial charge in [0.05, 0.1) is 24.0 Å². The molecule has 0 radical (unpaired) electrons. The van der Waals surface area contributed by atoms with Crippen molar-refractivity contribution in [1.29, 1.82) is 0 Å². The Morgan fingerprint density at radius 3 is 2.88 bits per heavy atom. The van der Waals surface area contributed by atoms with Gasteiger partial charge in [-0.3, -0.25) is 24.6 Å². The second kappa shape index (κ2) is 5.96. The van der Waals surface area contributed by atoms with Crippen molar-refractivity contribution in [1.82, 2.24) is 25.0 Å². The Labute approximate surface area is 145 Å². The maximum atomic E-state index is 12.6. The summed E-state index contributed by atoms with van der Waals surface area (Å²) in [5.74, 6) is 0.00655. The van der Waals surface area contributed by atoms with E-state index < -0.39 is 0 Å². The molecule has 1 unspecified atom stereocenters. The average Bonchev–Trinajstić information content (AvgIpc) is 3.30. The van der Waals surface area contributed by atoms with E-state index in [1.807, 2.05) is 24.1 Å². The third kappa shape index (κ3) is 2.68. The lowest BCUT2D eigenvalue weighted by Gasteiger charge is -2.46. The van der Waals surface area contributed by atoms with Gasteiger partial charge in [0.15, 0.2) is 0 Å². The van der Waals surface area contributed by atoms with Crippen LogP contribution in [0.15, 0.2) is 36.8 Å². The fraction of sp³-hybridized carbons (Fsp3) is 0.412. The van der Waals surface area contributed by atoms with Gasteiger partial charge in [0.1, 0.15) is 5.69 Å². The van der Waals surface area contributed by atoms with Crippen molar-refractivity contribution >= 4 is 17.5 Å². The zero-order valence-corrected chi connectivity index (χ0v) is 14.1. The first-order valence-electron chi connectivity index (χ1n) is 8.29. The molecule has 2 fully saturated rings. The van der Waals surface area contributed by atoms with Crippen LogP contribution in [0.2, 0.25) is 0 Å². The van der Waals surface area contributed by atoms with Gasteiger partial charge in [0.25, 0.3) is 5.91 Å². The predicted octanol–water partition coefficient (Wildman–Crippen LogP) is 0.368. The Morgan fingerprint density at radius 1 is 1.28 bits per heavy atom. The monoisotopic (exact) mass is 340 g/mol. The number of amides is 2. The Hall–Kier alpha value is -2.74. The summed E-state index contributed by atoms with van der Waals surface area (Å²) in [6, 6.07) is 5.41. The van der Waals surface area contributed by atoms with Gasteiger partial charge in [0.2, 0.25) is 5.91 Å². The number of likely N-dealkylation sites (N-methyl/N-ethyl adjacent to an activating group) is 1. The summed E-state index contributed by atoms with van der Waals surface area (Å²) in [6.07, 6.45) is 5.81. The minimum Gasteiger partial charge on any atom is -0.335 e. The number of hydrogen-bond donors (Lipinski definition) is 1. The van der Waals surface area contributed by atoms with Crippen molar-refractivity contribution in [2.24, 2.45) is 0 Å². The number of likely N-dealkylation sites (tertiary alicyclic amines) is 1. The lowest BCUT2D eigenvalue weighted by Crippen LogP contribution is -2.64. The number of rotatable bonds is 2. The normalized spacial score (nSPS) is 24.3. The van der Waals surface area contributed by atoms with Crippen molar-refractivity contribution in [2.75, 3.05) is 38.1 Å². The number of piperazine rings is 1. The highest BCUT2D eigenvalue weighted by molar-refractivity contribution is 5.96. The molecule has 8 nitrogen and oxygen atoms in total. The van der Waals surface area contributed by atoms with Gasteiger partial charge in [-0.25, -0.2) is 0 Å². The Bertz CT molecular complexity index is 778. The largest absolute Gasteiger partial charge is 0.335 e. The first-order valence-corrected chi connectivity index (χ1v) is 8.29. The maximum absolute atomic E-state index is 12.6. The van der Waals surface area contributed by atoms with Crippen LogP contribution >= 0.6 is 0 Å². The van der Waals surface area contributed by atoms with E-state index in [9.17, 15) is 9.59 Å². The molecule has 1 atom stereocenters. The Kier molecular flexibility index (Phi) is 3.76. The molecule has 1 spiro atoms. The third-order valence-corrected chi connectivity index (χ3v) is 5.24. The highest BCUT2D eigenvalue weighted by Crippen LogP contribution is 2.33. The fourth-order valence-corrected chi connectivity index (χ4v) is 3.72. The van der Waals surface area contributed by atoms with E-state index in [0.717, 1.165) is 12.1 Å². The number of nitrogens with one attached hydrogen (secondary N) is 1. The van der Waals surface area contributed by atoms with Gasteiger partial charge in [0, 0.05) is 32.0 Å². The summed E-state index contributed by atoms with van der Waals surface area (Å²) >= 11 is 0. The van der Waals surface area contributed by atoms with E-state index in [1.54, 1.807) is 29.6 Å². The summed E-state index contributed by atoms with van der Waals surface area (Å²) in [7, 11) is 1.96. The molecule has 0 bridgehead atoms. The molecule has 2 aliphatic heterocycles. The third-order valence-electron chi connectivity index (χ3n) is 5.24. The molecule has 2 aromatic rings. The average molecular weight is 340 g/mol. The minimum absolute atomic E-state index is 0.0485. The second-order valence-corrected chi connectivity index (χ2v) is 6.72. The highest BCUT2D eigenvalue weighted by Gasteiger charge is 2.48. The van der Waals surface area contributed by atoms with Crippen molar-refractivity contribution in [2.45, 2.75) is 12.0 Å². The number of carbonyl (C=O) groups is 2. The Balaban J connectivity index is 1.56. The number of hydrogen-bond acceptors (Lipinski definition) is 5. The number of aromatic nitrogens is 3. The minimum atomic E-state index is -0.237. The lowest BCUT2D eigenvalue weighted by atomic mass is 9.92. The highest BCUT2D eigenvalue weighted by atomic mass is 16.2. The van der Waals surface area contributed by atoms with Gasteiger partial charge >= 0.3 is 0 Å². The van der Waals surface area contributed by atoms with Gasteiger partial charge < -0.3 is 9.80 Å². The Morgan fingerprint density at radius 2 is 2.16 bits per heavy atom. The molecule has 0 saturated carbocycles. The van der Waals surface area contributed by atoms with E-state index in [1.165, 1.54) is 0 Å². The summed E-state index contributed by atoms with van der Waals surface area (Å²) in [4.78, 5) is 34.9. The zero-order chi connectivity index (χ0) is 17.4. The molecule has 0 aliphatic carbocycles. The first-order chi connectivity index (χ1) is 12.1. The van der Waals surface area contributed by atoms with Crippen LogP contribution in [0, 0.1) is 0 Å². The van der Waals surface area contributed by atoms with Crippen LogP contribution in [0.4, 0.5) is 5.69 Å². The number of nitrogens with zero attached hydrogens (tertiary/aromatic N) is 5. The van der Waals surface area contributed by atoms with Gasteiger partial charge in [-0.1, -0.05) is 0 Å². The molecule has 130 valence electrons. The topological polar surface area (TPSA) is 85.4 Å². The molecule has 2 saturated heterocycles. The van der Waals surface area contributed by atoms with Crippen molar-refractivity contribution in [3.05, 3.63) is 42.5 Å². The number of carbonyl (C=O) groups excluding carboxylic acids is 2. The van der Waals surface area contributed by atoms with Crippen LogP contribution in [-0.4, -0.2) is 75.6 Å². The molecule has 2 amide bonds. The lowest BCUT2D eigenvalue weighted by molar-refractivity contribution is -0.123. The number of H-pyrrole nitrogens is 1. The molecular weight excluding hydrogens is 320 g/mol. The standard InChI is InChI=1S/C17H20N6O2/c1-21-10-15(24)23(13-3-2-6-18-9-13)12-17(21)5-8-22(11-17)16(25)14-4-7-19-20-14/h2-4,6-7,9H,5,8,10-12H2,1H3,(H,19,20). The first kappa shape index (κ1) is 15.8. The molecule has 4 heterocycles. The van der Waals surface area contributed by atoms with Crippen LogP contribution in [0.1, 0.15) is 16.9 Å². The predicted molar refractivity (Wildman–Crippen MR) is 91.1 cm³/mol.